The number of ether oxygens (including phenoxy) is 1. The number of carbonyl (C=O) groups excluding carboxylic acids is 1. The second kappa shape index (κ2) is 8.07. The molecular weight excluding hydrogens is 321 g/mol. The van der Waals surface area contributed by atoms with Crippen molar-refractivity contribution in [3.8, 4) is 11.1 Å². The molecule has 0 spiro atoms. The lowest BCUT2D eigenvalue weighted by Gasteiger charge is -2.35. The maximum absolute atomic E-state index is 13.9. The minimum absolute atomic E-state index is 0.238. The van der Waals surface area contributed by atoms with Crippen LogP contribution in [0.1, 0.15) is 6.92 Å². The molecule has 0 radical (unpaired) electrons. The van der Waals surface area contributed by atoms with Crippen LogP contribution in [0.2, 0.25) is 0 Å². The number of nitrogens with zero attached hydrogens (tertiary/aromatic N) is 3. The Morgan fingerprint density at radius 1 is 1.16 bits per heavy atom. The minimum atomic E-state index is -0.238. The summed E-state index contributed by atoms with van der Waals surface area (Å²) in [5.74, 6) is 0.427. The van der Waals surface area contributed by atoms with Gasteiger partial charge in [0.15, 0.2) is 0 Å². The molecule has 2 aromatic rings. The molecule has 132 valence electrons. The number of hydrogen-bond acceptors (Lipinski definition) is 5. The monoisotopic (exact) mass is 343 g/mol. The number of anilines is 1. The Hall–Kier alpha value is -2.47. The second-order valence-electron chi connectivity index (χ2n) is 6.05. The Balaban J connectivity index is 1.55. The van der Waals surface area contributed by atoms with Crippen molar-refractivity contribution >= 4 is 11.8 Å². The van der Waals surface area contributed by atoms with Gasteiger partial charge in [-0.05, 0) is 18.2 Å². The first-order chi connectivity index (χ1) is 12.1. The van der Waals surface area contributed by atoms with Crippen LogP contribution in [0.15, 0.2) is 42.6 Å². The average Bonchev–Trinajstić information content (AvgIpc) is 2.63. The number of rotatable bonds is 5. The molecular formula is C19H22FN3O2. The summed E-state index contributed by atoms with van der Waals surface area (Å²) in [6.07, 6.45) is 1.72. The van der Waals surface area contributed by atoms with E-state index < -0.39 is 0 Å². The van der Waals surface area contributed by atoms with Crippen molar-refractivity contribution in [2.75, 3.05) is 44.2 Å². The van der Waals surface area contributed by atoms with Gasteiger partial charge in [0.25, 0.3) is 0 Å². The number of carbonyl (C=O) groups is 1. The van der Waals surface area contributed by atoms with Crippen LogP contribution in [-0.4, -0.2) is 55.2 Å². The highest BCUT2D eigenvalue weighted by Gasteiger charge is 2.18. The predicted molar refractivity (Wildman–Crippen MR) is 94.9 cm³/mol. The van der Waals surface area contributed by atoms with E-state index >= 15 is 0 Å². The van der Waals surface area contributed by atoms with Crippen LogP contribution in [-0.2, 0) is 9.53 Å². The quantitative estimate of drug-likeness (QED) is 0.781. The van der Waals surface area contributed by atoms with Gasteiger partial charge in [-0.25, -0.2) is 9.37 Å². The van der Waals surface area contributed by atoms with E-state index in [9.17, 15) is 9.18 Å². The van der Waals surface area contributed by atoms with E-state index in [4.69, 9.17) is 4.74 Å². The van der Waals surface area contributed by atoms with Crippen LogP contribution in [0.3, 0.4) is 0 Å². The fourth-order valence-electron chi connectivity index (χ4n) is 2.95. The third kappa shape index (κ3) is 4.54. The molecule has 0 atom stereocenters. The van der Waals surface area contributed by atoms with Crippen molar-refractivity contribution in [1.29, 1.82) is 0 Å². The summed E-state index contributed by atoms with van der Waals surface area (Å²) < 4.78 is 18.8. The lowest BCUT2D eigenvalue weighted by atomic mass is 10.1. The summed E-state index contributed by atoms with van der Waals surface area (Å²) >= 11 is 0. The highest BCUT2D eigenvalue weighted by atomic mass is 19.1. The van der Waals surface area contributed by atoms with Gasteiger partial charge in [-0.2, -0.15) is 0 Å². The Bertz CT molecular complexity index is 713. The van der Waals surface area contributed by atoms with E-state index in [1.165, 1.54) is 13.0 Å². The molecule has 5 nitrogen and oxygen atoms in total. The number of piperazine rings is 1. The van der Waals surface area contributed by atoms with E-state index in [0.29, 0.717) is 12.2 Å². The molecule has 0 aliphatic carbocycles. The van der Waals surface area contributed by atoms with E-state index in [1.54, 1.807) is 18.3 Å². The molecule has 3 rings (SSSR count). The summed E-state index contributed by atoms with van der Waals surface area (Å²) in [6.45, 7) is 6.15. The van der Waals surface area contributed by atoms with Gasteiger partial charge in [0.2, 0.25) is 0 Å². The molecule has 0 bridgehead atoms. The zero-order valence-corrected chi connectivity index (χ0v) is 14.3. The number of aromatic nitrogens is 1. The van der Waals surface area contributed by atoms with Gasteiger partial charge in [-0.3, -0.25) is 9.69 Å². The van der Waals surface area contributed by atoms with Gasteiger partial charge >= 0.3 is 5.97 Å². The molecule has 1 fully saturated rings. The average molecular weight is 343 g/mol. The third-order valence-corrected chi connectivity index (χ3v) is 4.34. The zero-order chi connectivity index (χ0) is 17.6. The molecule has 0 amide bonds. The van der Waals surface area contributed by atoms with Gasteiger partial charge < -0.3 is 9.64 Å². The highest BCUT2D eigenvalue weighted by Crippen LogP contribution is 2.23. The fraction of sp³-hybridized carbons (Fsp3) is 0.368. The van der Waals surface area contributed by atoms with Crippen LogP contribution >= 0.6 is 0 Å². The van der Waals surface area contributed by atoms with Gasteiger partial charge in [0.1, 0.15) is 18.2 Å². The summed E-state index contributed by atoms with van der Waals surface area (Å²) in [7, 11) is 0. The molecule has 1 aliphatic rings. The van der Waals surface area contributed by atoms with Gasteiger partial charge in [-0.1, -0.05) is 18.2 Å². The number of esters is 1. The molecule has 1 aromatic heterocycles. The second-order valence-corrected chi connectivity index (χ2v) is 6.05. The molecule has 1 aliphatic heterocycles. The SMILES string of the molecule is CC(=O)OCCN1CCN(c2ccc(-c3ccccc3F)cn2)CC1. The summed E-state index contributed by atoms with van der Waals surface area (Å²) in [6, 6.07) is 10.6. The van der Waals surface area contributed by atoms with Crippen molar-refractivity contribution in [2.45, 2.75) is 6.92 Å². The van der Waals surface area contributed by atoms with Crippen LogP contribution < -0.4 is 4.90 Å². The lowest BCUT2D eigenvalue weighted by molar-refractivity contribution is -0.141. The molecule has 25 heavy (non-hydrogen) atoms. The smallest absolute Gasteiger partial charge is 0.302 e. The Kier molecular flexibility index (Phi) is 5.60. The number of benzene rings is 1. The van der Waals surface area contributed by atoms with Gasteiger partial charge in [-0.15, -0.1) is 0 Å². The molecule has 1 aromatic carbocycles. The van der Waals surface area contributed by atoms with Crippen LogP contribution in [0.5, 0.6) is 0 Å². The van der Waals surface area contributed by atoms with Gasteiger partial charge in [0, 0.05) is 57.0 Å². The molecule has 0 saturated carbocycles. The predicted octanol–water partition coefficient (Wildman–Crippen LogP) is 2.57. The summed E-state index contributed by atoms with van der Waals surface area (Å²) in [5.41, 5.74) is 1.35. The van der Waals surface area contributed by atoms with Crippen molar-refractivity contribution in [1.82, 2.24) is 9.88 Å². The maximum atomic E-state index is 13.9. The molecule has 6 heteroatoms. The van der Waals surface area contributed by atoms with Crippen LogP contribution in [0.4, 0.5) is 10.2 Å². The number of pyridine rings is 1. The number of halogens is 1. The first-order valence-electron chi connectivity index (χ1n) is 8.45. The van der Waals surface area contributed by atoms with Crippen molar-refractivity contribution in [3.05, 3.63) is 48.4 Å². The van der Waals surface area contributed by atoms with Crippen molar-refractivity contribution in [2.24, 2.45) is 0 Å². The Labute approximate surface area is 147 Å². The molecule has 0 unspecified atom stereocenters. The topological polar surface area (TPSA) is 45.7 Å². The lowest BCUT2D eigenvalue weighted by Crippen LogP contribution is -2.47. The fourth-order valence-corrected chi connectivity index (χ4v) is 2.95. The van der Waals surface area contributed by atoms with Crippen LogP contribution in [0, 0.1) is 5.82 Å². The first-order valence-corrected chi connectivity index (χ1v) is 8.45. The first kappa shape index (κ1) is 17.4. The van der Waals surface area contributed by atoms with E-state index in [2.05, 4.69) is 14.8 Å². The normalized spacial score (nSPS) is 15.2. The maximum Gasteiger partial charge on any atom is 0.302 e. The largest absolute Gasteiger partial charge is 0.465 e. The molecule has 1 saturated heterocycles. The third-order valence-electron chi connectivity index (χ3n) is 4.34. The summed E-state index contributed by atoms with van der Waals surface area (Å²) in [5, 5.41) is 0. The molecule has 2 heterocycles. The summed E-state index contributed by atoms with van der Waals surface area (Å²) in [4.78, 5) is 19.8. The highest BCUT2D eigenvalue weighted by molar-refractivity contribution is 5.66. The minimum Gasteiger partial charge on any atom is -0.465 e. The molecule has 0 N–H and O–H groups in total. The van der Waals surface area contributed by atoms with E-state index in [-0.39, 0.29) is 11.8 Å². The number of hydrogen-bond donors (Lipinski definition) is 0. The van der Waals surface area contributed by atoms with Crippen LogP contribution in [0.25, 0.3) is 11.1 Å². The zero-order valence-electron chi connectivity index (χ0n) is 14.3. The standard InChI is InChI=1S/C19H22FN3O2/c1-15(24)25-13-12-22-8-10-23(11-9-22)19-7-6-16(14-21-19)17-4-2-3-5-18(17)20/h2-7,14H,8-13H2,1H3. The van der Waals surface area contributed by atoms with E-state index in [1.807, 2.05) is 18.2 Å². The van der Waals surface area contributed by atoms with Crippen molar-refractivity contribution in [3.63, 3.8) is 0 Å². The van der Waals surface area contributed by atoms with Gasteiger partial charge in [0.05, 0.1) is 0 Å². The van der Waals surface area contributed by atoms with E-state index in [0.717, 1.165) is 44.1 Å². The van der Waals surface area contributed by atoms with Crippen molar-refractivity contribution < 1.29 is 13.9 Å². The Morgan fingerprint density at radius 2 is 1.92 bits per heavy atom. The Morgan fingerprint density at radius 3 is 2.56 bits per heavy atom.